The molecule has 3 heterocycles. The Bertz CT molecular complexity index is 1410. The number of imidazole rings is 1. The molecule has 11 nitrogen and oxygen atoms in total. The average molecular weight is 544 g/mol. The zero-order valence-electron chi connectivity index (χ0n) is 21.9. The molecule has 202 valence electrons. The minimum Gasteiger partial charge on any atom is -0.497 e. The summed E-state index contributed by atoms with van der Waals surface area (Å²) in [6, 6.07) is 5.35. The van der Waals surface area contributed by atoms with Gasteiger partial charge in [-0.25, -0.2) is 4.98 Å². The normalized spacial score (nSPS) is 28.6. The molecule has 0 unspecified atom stereocenters. The number of fused-ring (bicyclic) bond motifs is 4. The van der Waals surface area contributed by atoms with Crippen LogP contribution < -0.4 is 14.8 Å². The number of nitrogens with zero attached hydrogens (tertiary/aromatic N) is 4. The van der Waals surface area contributed by atoms with Crippen molar-refractivity contribution < 1.29 is 28.5 Å². The monoisotopic (exact) mass is 543 g/mol. The molecule has 1 aromatic carbocycles. The lowest BCUT2D eigenvalue weighted by molar-refractivity contribution is -0.172. The predicted molar refractivity (Wildman–Crippen MR) is 137 cm³/mol. The van der Waals surface area contributed by atoms with Crippen LogP contribution in [0.1, 0.15) is 38.8 Å². The van der Waals surface area contributed by atoms with Crippen molar-refractivity contribution in [3.8, 4) is 11.5 Å². The van der Waals surface area contributed by atoms with E-state index in [1.807, 2.05) is 43.5 Å². The number of ether oxygens (including phenoxy) is 5. The first-order valence-electron chi connectivity index (χ1n) is 12.6. The van der Waals surface area contributed by atoms with Crippen LogP contribution in [0.2, 0.25) is 5.28 Å². The summed E-state index contributed by atoms with van der Waals surface area (Å²) in [4.78, 5) is 26.7. The van der Waals surface area contributed by atoms with E-state index >= 15 is 0 Å². The van der Waals surface area contributed by atoms with Crippen molar-refractivity contribution in [3.05, 3.63) is 35.4 Å². The van der Waals surface area contributed by atoms with Gasteiger partial charge in [-0.3, -0.25) is 4.79 Å². The number of carbonyl (C=O) groups excluding carboxylic acids is 1. The summed E-state index contributed by atoms with van der Waals surface area (Å²) in [6.45, 7) is 6.23. The maximum Gasteiger partial charge on any atom is 0.315 e. The van der Waals surface area contributed by atoms with E-state index in [1.165, 1.54) is 0 Å². The second-order valence-corrected chi connectivity index (χ2v) is 10.6. The number of carbonyl (C=O) groups is 1. The Morgan fingerprint density at radius 1 is 1.24 bits per heavy atom. The number of hydrogen-bond acceptors (Lipinski definition) is 10. The summed E-state index contributed by atoms with van der Waals surface area (Å²) in [6.07, 6.45) is 1.58. The second kappa shape index (κ2) is 8.96. The van der Waals surface area contributed by atoms with Gasteiger partial charge in [0.2, 0.25) is 5.28 Å². The van der Waals surface area contributed by atoms with Gasteiger partial charge in [0.25, 0.3) is 0 Å². The topological polar surface area (TPSA) is 119 Å². The first-order valence-corrected chi connectivity index (χ1v) is 13.0. The van der Waals surface area contributed by atoms with Gasteiger partial charge in [0.1, 0.15) is 29.1 Å². The summed E-state index contributed by atoms with van der Waals surface area (Å²) in [5.74, 6) is 0.805. The smallest absolute Gasteiger partial charge is 0.315 e. The van der Waals surface area contributed by atoms with Crippen molar-refractivity contribution in [3.63, 3.8) is 0 Å². The molecule has 3 aliphatic rings. The minimum absolute atomic E-state index is 0.0313. The minimum atomic E-state index is -0.827. The molecule has 2 aliphatic carbocycles. The van der Waals surface area contributed by atoms with E-state index < -0.39 is 17.3 Å². The molecule has 5 atom stereocenters. The molecule has 0 radical (unpaired) electrons. The highest BCUT2D eigenvalue weighted by Crippen LogP contribution is 2.72. The summed E-state index contributed by atoms with van der Waals surface area (Å²) in [5.41, 5.74) is 1.24. The first kappa shape index (κ1) is 25.1. The highest BCUT2D eigenvalue weighted by Gasteiger charge is 2.80. The molecule has 3 fully saturated rings. The standard InChI is InChI=1S/C26H30ClN5O6/c1-6-36-23(33)26-10-15(26)18(19-20(26)38-25(2,3)37-19)32-12-29-17-21(30-24(27)31-22(17)32)28-11-13-9-14(34-4)7-8-16(13)35-5/h7-9,12,15,18-20H,6,10-11H2,1-5H3,(H,28,30,31)/t15-,18-,19+,20+,26+/m1/s1. The molecule has 6 rings (SSSR count). The van der Waals surface area contributed by atoms with E-state index in [2.05, 4.69) is 20.3 Å². The molecular formula is C26H30ClN5O6. The third-order valence-electron chi connectivity index (χ3n) is 7.75. The zero-order chi connectivity index (χ0) is 26.8. The molecule has 2 saturated carbocycles. The molecule has 1 N–H and O–H groups in total. The highest BCUT2D eigenvalue weighted by molar-refractivity contribution is 6.28. The van der Waals surface area contributed by atoms with E-state index in [0.29, 0.717) is 48.1 Å². The second-order valence-electron chi connectivity index (χ2n) is 10.3. The Balaban J connectivity index is 1.35. The number of aromatic nitrogens is 4. The maximum absolute atomic E-state index is 13.1. The third kappa shape index (κ3) is 3.78. The Hall–Kier alpha value is -3.15. The van der Waals surface area contributed by atoms with Crippen LogP contribution in [0.5, 0.6) is 11.5 Å². The van der Waals surface area contributed by atoms with Crippen molar-refractivity contribution in [2.24, 2.45) is 11.3 Å². The largest absolute Gasteiger partial charge is 0.497 e. The SMILES string of the molecule is CCOC(=O)[C@@]12C[C@@H]1[C@@H](n1cnc3c(NCc4cc(OC)ccc4OC)nc(Cl)nc31)[C@@H]1OC(C)(C)O[C@@H]12. The van der Waals surface area contributed by atoms with Gasteiger partial charge in [-0.15, -0.1) is 0 Å². The molecule has 0 amide bonds. The van der Waals surface area contributed by atoms with Crippen molar-refractivity contribution >= 4 is 34.6 Å². The van der Waals surface area contributed by atoms with Crippen molar-refractivity contribution in [2.75, 3.05) is 26.1 Å². The van der Waals surface area contributed by atoms with Crippen LogP contribution in [0.15, 0.2) is 24.5 Å². The molecule has 0 spiro atoms. The van der Waals surface area contributed by atoms with Crippen molar-refractivity contribution in [1.29, 1.82) is 0 Å². The lowest BCUT2D eigenvalue weighted by atomic mass is 9.99. The molecule has 38 heavy (non-hydrogen) atoms. The quantitative estimate of drug-likeness (QED) is 0.332. The lowest BCUT2D eigenvalue weighted by Gasteiger charge is -2.24. The number of methoxy groups -OCH3 is 2. The fraction of sp³-hybridized carbons (Fsp3) is 0.538. The van der Waals surface area contributed by atoms with E-state index in [-0.39, 0.29) is 29.3 Å². The van der Waals surface area contributed by atoms with Crippen molar-refractivity contribution in [2.45, 2.75) is 57.8 Å². The molecule has 1 saturated heterocycles. The number of rotatable bonds is 8. The Morgan fingerprint density at radius 3 is 2.79 bits per heavy atom. The fourth-order valence-corrected chi connectivity index (χ4v) is 6.29. The van der Waals surface area contributed by atoms with Gasteiger partial charge in [0, 0.05) is 18.0 Å². The summed E-state index contributed by atoms with van der Waals surface area (Å²) in [5, 5.41) is 3.40. The van der Waals surface area contributed by atoms with Crippen LogP contribution >= 0.6 is 11.6 Å². The number of anilines is 1. The molecular weight excluding hydrogens is 514 g/mol. The van der Waals surface area contributed by atoms with Gasteiger partial charge >= 0.3 is 5.97 Å². The maximum atomic E-state index is 13.1. The molecule has 1 aliphatic heterocycles. The van der Waals surface area contributed by atoms with Gasteiger partial charge in [-0.2, -0.15) is 9.97 Å². The molecule has 12 heteroatoms. The van der Waals surface area contributed by atoms with Crippen LogP contribution in [-0.4, -0.2) is 64.3 Å². The van der Waals surface area contributed by atoms with Crippen LogP contribution in [-0.2, 0) is 25.5 Å². The van der Waals surface area contributed by atoms with E-state index in [1.54, 1.807) is 20.5 Å². The lowest BCUT2D eigenvalue weighted by Crippen LogP contribution is -2.36. The fourth-order valence-electron chi connectivity index (χ4n) is 6.12. The number of esters is 1. The molecule has 0 bridgehead atoms. The van der Waals surface area contributed by atoms with Crippen molar-refractivity contribution in [1.82, 2.24) is 19.5 Å². The van der Waals surface area contributed by atoms with Gasteiger partial charge in [-0.05, 0) is 57.0 Å². The Labute approximate surface area is 224 Å². The van der Waals surface area contributed by atoms with Crippen LogP contribution in [0.4, 0.5) is 5.82 Å². The number of nitrogens with one attached hydrogen (secondary N) is 1. The molecule has 3 aromatic rings. The Morgan fingerprint density at radius 2 is 2.05 bits per heavy atom. The zero-order valence-corrected chi connectivity index (χ0v) is 22.6. The first-order chi connectivity index (χ1) is 18.2. The van der Waals surface area contributed by atoms with E-state index in [0.717, 1.165) is 5.56 Å². The van der Waals surface area contributed by atoms with Crippen LogP contribution in [0, 0.1) is 11.3 Å². The van der Waals surface area contributed by atoms with Gasteiger partial charge in [0.15, 0.2) is 22.8 Å². The van der Waals surface area contributed by atoms with Crippen LogP contribution in [0.25, 0.3) is 11.2 Å². The van der Waals surface area contributed by atoms with E-state index in [4.69, 9.17) is 35.3 Å². The van der Waals surface area contributed by atoms with Gasteiger partial charge in [-0.1, -0.05) is 0 Å². The van der Waals surface area contributed by atoms with E-state index in [9.17, 15) is 4.79 Å². The third-order valence-corrected chi connectivity index (χ3v) is 7.92. The summed E-state index contributed by atoms with van der Waals surface area (Å²) < 4.78 is 30.9. The molecule has 2 aromatic heterocycles. The summed E-state index contributed by atoms with van der Waals surface area (Å²) in [7, 11) is 3.23. The summed E-state index contributed by atoms with van der Waals surface area (Å²) >= 11 is 6.39. The van der Waals surface area contributed by atoms with Gasteiger partial charge < -0.3 is 33.6 Å². The number of benzene rings is 1. The average Bonchev–Trinajstić information content (AvgIpc) is 3.22. The van der Waals surface area contributed by atoms with Gasteiger partial charge in [0.05, 0.1) is 33.2 Å². The number of halogens is 1. The number of hydrogen-bond donors (Lipinski definition) is 1. The van der Waals surface area contributed by atoms with Crippen LogP contribution in [0.3, 0.4) is 0 Å². The Kier molecular flexibility index (Phi) is 5.93. The highest BCUT2D eigenvalue weighted by atomic mass is 35.5. The predicted octanol–water partition coefficient (Wildman–Crippen LogP) is 3.75.